The second kappa shape index (κ2) is 4.29. The molecule has 1 aromatic heterocycles. The summed E-state index contributed by atoms with van der Waals surface area (Å²) in [5.41, 5.74) is -3.55. The van der Waals surface area contributed by atoms with Gasteiger partial charge in [-0.2, -0.15) is 0 Å². The summed E-state index contributed by atoms with van der Waals surface area (Å²) < 4.78 is 0.638. The van der Waals surface area contributed by atoms with E-state index in [1.54, 1.807) is 5.10 Å². The van der Waals surface area contributed by atoms with Crippen molar-refractivity contribution in [3.63, 3.8) is 0 Å². The van der Waals surface area contributed by atoms with Crippen molar-refractivity contribution in [1.82, 2.24) is 13.6 Å². The van der Waals surface area contributed by atoms with Gasteiger partial charge in [0.05, 0.1) is 11.8 Å². The Balaban J connectivity index is 0.00000121. The molecule has 0 fully saturated rings. The van der Waals surface area contributed by atoms with Crippen LogP contribution in [0.25, 0.3) is 0 Å². The van der Waals surface area contributed by atoms with E-state index in [2.05, 4.69) is 0 Å². The first-order chi connectivity index (χ1) is 5.04. The van der Waals surface area contributed by atoms with Crippen molar-refractivity contribution in [2.24, 2.45) is 0 Å². The summed E-state index contributed by atoms with van der Waals surface area (Å²) >= 11 is 10.3. The van der Waals surface area contributed by atoms with Gasteiger partial charge in [-0.15, -0.1) is 8.52 Å². The van der Waals surface area contributed by atoms with Gasteiger partial charge >= 0.3 is 16.5 Å². The Morgan fingerprint density at radius 3 is 2.17 bits per heavy atom. The third kappa shape index (κ3) is 2.02. The van der Waals surface area contributed by atoms with Crippen LogP contribution in [0.15, 0.2) is 14.4 Å². The fraction of sp³-hybridized carbons (Fsp3) is 0. The molecule has 0 unspecified atom stereocenters. The molecular weight excluding hydrogens is 220 g/mol. The van der Waals surface area contributed by atoms with E-state index in [-0.39, 0.29) is 33.8 Å². The number of aromatic amines is 1. The van der Waals surface area contributed by atoms with Crippen molar-refractivity contribution in [2.45, 2.75) is 0 Å². The molecule has 0 atom stereocenters. The molecule has 61 valence electrons. The van der Waals surface area contributed by atoms with Gasteiger partial charge in [0.25, 0.3) is 0 Å². The van der Waals surface area contributed by atoms with Gasteiger partial charge in [0.2, 0.25) is 0 Å². The molecule has 1 N–H and O–H groups in total. The van der Waals surface area contributed by atoms with Crippen molar-refractivity contribution >= 4 is 53.1 Å². The molecule has 0 saturated heterocycles. The molecule has 0 bridgehead atoms. The van der Waals surface area contributed by atoms with E-state index in [4.69, 9.17) is 23.6 Å². The van der Waals surface area contributed by atoms with Crippen LogP contribution in [0.5, 0.6) is 0 Å². The molecule has 0 aliphatic heterocycles. The molecule has 9 heteroatoms. The third-order valence-corrected chi connectivity index (χ3v) is 1.53. The second-order valence-corrected chi connectivity index (χ2v) is 2.24. The molecule has 1 aromatic rings. The van der Waals surface area contributed by atoms with E-state index in [9.17, 15) is 14.4 Å². The summed E-state index contributed by atoms with van der Waals surface area (Å²) in [5, 5.41) is 1.79. The van der Waals surface area contributed by atoms with Crippen molar-refractivity contribution in [3.05, 3.63) is 30.9 Å². The first-order valence-electron chi connectivity index (χ1n) is 2.35. The zero-order valence-corrected chi connectivity index (χ0v) is 9.39. The number of halogens is 2. The summed E-state index contributed by atoms with van der Waals surface area (Å²) in [6.07, 6.45) is 0. The van der Waals surface area contributed by atoms with Crippen molar-refractivity contribution in [1.29, 1.82) is 0 Å². The topological polar surface area (TPSA) is 76.9 Å². The average Bonchev–Trinajstić information content (AvgIpc) is 1.97. The number of rotatable bonds is 0. The molecular formula is C3HCl2N3NaO3. The predicted molar refractivity (Wildman–Crippen MR) is 43.8 cm³/mol. The largest absolute Gasteiger partial charge is 0.336 e. The van der Waals surface area contributed by atoms with E-state index in [1.165, 1.54) is 0 Å². The monoisotopic (exact) mass is 220 g/mol. The van der Waals surface area contributed by atoms with Crippen LogP contribution < -0.4 is 16.5 Å². The Morgan fingerprint density at radius 2 is 1.67 bits per heavy atom. The molecule has 0 aliphatic rings. The summed E-state index contributed by atoms with van der Waals surface area (Å²) in [5.74, 6) is 0. The van der Waals surface area contributed by atoms with Crippen molar-refractivity contribution < 1.29 is 0 Å². The number of nitrogens with one attached hydrogen (secondary N) is 1. The molecule has 6 nitrogen and oxygen atoms in total. The summed E-state index contributed by atoms with van der Waals surface area (Å²) in [6, 6.07) is 0. The van der Waals surface area contributed by atoms with Gasteiger partial charge in [-0.3, -0.25) is 14.4 Å². The molecule has 1 rings (SSSR count). The number of hydrogen-bond donors (Lipinski definition) is 1. The minimum atomic E-state index is -1.25. The first-order valence-corrected chi connectivity index (χ1v) is 3.02. The van der Waals surface area contributed by atoms with Crippen LogP contribution >= 0.6 is 23.6 Å². The van der Waals surface area contributed by atoms with Crippen LogP contribution in [0.2, 0.25) is 0 Å². The SMILES string of the molecule is O=c1[nH]n(Cl)n(Cl)c(=O)c1=O.[Na]. The van der Waals surface area contributed by atoms with Crippen molar-refractivity contribution in [3.8, 4) is 0 Å². The van der Waals surface area contributed by atoms with Crippen LogP contribution in [0.1, 0.15) is 0 Å². The third-order valence-electron chi connectivity index (χ3n) is 0.916. The van der Waals surface area contributed by atoms with Gasteiger partial charge < -0.3 is 0 Å². The Labute approximate surface area is 97.2 Å². The Bertz CT molecular complexity index is 445. The van der Waals surface area contributed by atoms with E-state index in [1.807, 2.05) is 0 Å². The van der Waals surface area contributed by atoms with E-state index >= 15 is 0 Å². The Morgan fingerprint density at radius 1 is 1.17 bits per heavy atom. The fourth-order valence-corrected chi connectivity index (χ4v) is 0.699. The summed E-state index contributed by atoms with van der Waals surface area (Å²) in [4.78, 5) is 31.6. The molecule has 0 aromatic carbocycles. The van der Waals surface area contributed by atoms with Gasteiger partial charge in [0, 0.05) is 41.3 Å². The molecule has 1 radical (unpaired) electrons. The van der Waals surface area contributed by atoms with Crippen LogP contribution in [0.3, 0.4) is 0 Å². The molecule has 0 spiro atoms. The Kier molecular flexibility index (Phi) is 4.29. The fourth-order valence-electron chi connectivity index (χ4n) is 0.439. The predicted octanol–water partition coefficient (Wildman–Crippen LogP) is -1.68. The van der Waals surface area contributed by atoms with Crippen LogP contribution in [0.4, 0.5) is 0 Å². The van der Waals surface area contributed by atoms with Crippen LogP contribution in [-0.2, 0) is 0 Å². The smallest absolute Gasteiger partial charge is 0.277 e. The average molecular weight is 221 g/mol. The number of aromatic nitrogens is 3. The zero-order chi connectivity index (χ0) is 8.59. The van der Waals surface area contributed by atoms with Gasteiger partial charge in [0.1, 0.15) is 0 Å². The number of H-pyrrole nitrogens is 1. The standard InChI is InChI=1S/C3HCl2N3O3.Na/c4-7-3(11)1(9)2(10)6-8(7)5;/h(H,6,10);. The number of hydrogen-bond acceptors (Lipinski definition) is 3. The van der Waals surface area contributed by atoms with Gasteiger partial charge in [-0.05, 0) is 0 Å². The summed E-state index contributed by atoms with van der Waals surface area (Å²) in [7, 11) is 0. The summed E-state index contributed by atoms with van der Waals surface area (Å²) in [6.45, 7) is 0. The minimum Gasteiger partial charge on any atom is -0.277 e. The van der Waals surface area contributed by atoms with Gasteiger partial charge in [0.15, 0.2) is 0 Å². The molecule has 0 saturated carbocycles. The van der Waals surface area contributed by atoms with Gasteiger partial charge in [-0.1, -0.05) is 0 Å². The van der Waals surface area contributed by atoms with Crippen LogP contribution in [0, 0.1) is 0 Å². The van der Waals surface area contributed by atoms with Crippen molar-refractivity contribution in [2.75, 3.05) is 0 Å². The maximum Gasteiger partial charge on any atom is 0.336 e. The minimum absolute atomic E-state index is 0. The molecule has 1 heterocycles. The quantitative estimate of drug-likeness (QED) is 0.420. The first kappa shape index (κ1) is 12.0. The zero-order valence-electron chi connectivity index (χ0n) is 5.88. The van der Waals surface area contributed by atoms with Crippen LogP contribution in [-0.4, -0.2) is 43.2 Å². The van der Waals surface area contributed by atoms with Gasteiger partial charge in [-0.25, -0.2) is 5.10 Å². The molecule has 0 amide bonds. The normalized spacial score (nSPS) is 9.17. The Hall–Kier alpha value is -0.0100. The maximum atomic E-state index is 10.6. The van der Waals surface area contributed by atoms with E-state index < -0.39 is 16.5 Å². The maximum absolute atomic E-state index is 10.6. The van der Waals surface area contributed by atoms with E-state index in [0.717, 1.165) is 0 Å². The second-order valence-electron chi connectivity index (χ2n) is 1.60. The molecule has 0 aliphatic carbocycles. The molecule has 12 heavy (non-hydrogen) atoms. The van der Waals surface area contributed by atoms with E-state index in [0.29, 0.717) is 4.32 Å². The number of nitrogens with zero attached hydrogens (tertiary/aromatic N) is 2.